The molecule has 0 radical (unpaired) electrons. The first-order chi connectivity index (χ1) is 9.04. The molecule has 0 spiro atoms. The van der Waals surface area contributed by atoms with Gasteiger partial charge in [-0.1, -0.05) is 30.3 Å². The summed E-state index contributed by atoms with van der Waals surface area (Å²) in [6.07, 6.45) is -3.09. The lowest BCUT2D eigenvalue weighted by atomic mass is 10.0. The third-order valence-electron chi connectivity index (χ3n) is 3.25. The molecule has 1 N–H and O–H groups in total. The molecule has 1 aromatic carbocycles. The molecule has 0 bridgehead atoms. The van der Waals surface area contributed by atoms with Crippen molar-refractivity contribution in [1.82, 2.24) is 5.32 Å². The SMILES string of the molecule is FC(F)(F)CC(NCC1CCCO1)c1ccccc1. The van der Waals surface area contributed by atoms with Gasteiger partial charge in [0.05, 0.1) is 12.5 Å². The van der Waals surface area contributed by atoms with Crippen LogP contribution in [-0.2, 0) is 4.74 Å². The molecule has 1 aliphatic heterocycles. The van der Waals surface area contributed by atoms with Crippen molar-refractivity contribution in [1.29, 1.82) is 0 Å². The van der Waals surface area contributed by atoms with E-state index in [2.05, 4.69) is 5.32 Å². The standard InChI is InChI=1S/C14H18F3NO/c15-14(16,17)9-13(11-5-2-1-3-6-11)18-10-12-7-4-8-19-12/h1-3,5-6,12-13,18H,4,7-10H2. The van der Waals surface area contributed by atoms with Crippen molar-refractivity contribution in [3.8, 4) is 0 Å². The van der Waals surface area contributed by atoms with Crippen molar-refractivity contribution >= 4 is 0 Å². The molecule has 2 rings (SSSR count). The molecule has 1 fully saturated rings. The number of benzene rings is 1. The van der Waals surface area contributed by atoms with E-state index in [9.17, 15) is 13.2 Å². The lowest BCUT2D eigenvalue weighted by Gasteiger charge is -2.22. The Morgan fingerprint density at radius 3 is 2.58 bits per heavy atom. The molecule has 1 aliphatic rings. The second kappa shape index (κ2) is 6.39. The molecule has 0 saturated carbocycles. The van der Waals surface area contributed by atoms with Crippen LogP contribution in [0.3, 0.4) is 0 Å². The molecule has 0 aromatic heterocycles. The molecule has 106 valence electrons. The lowest BCUT2D eigenvalue weighted by Crippen LogP contribution is -2.32. The number of nitrogens with one attached hydrogen (secondary N) is 1. The van der Waals surface area contributed by atoms with Gasteiger partial charge in [-0.05, 0) is 18.4 Å². The first kappa shape index (κ1) is 14.3. The van der Waals surface area contributed by atoms with Gasteiger partial charge in [0.15, 0.2) is 0 Å². The summed E-state index contributed by atoms with van der Waals surface area (Å²) in [5.41, 5.74) is 0.665. The molecule has 2 nitrogen and oxygen atoms in total. The van der Waals surface area contributed by atoms with Crippen LogP contribution < -0.4 is 5.32 Å². The van der Waals surface area contributed by atoms with E-state index in [0.717, 1.165) is 12.8 Å². The normalized spacial score (nSPS) is 21.5. The molecule has 1 saturated heterocycles. The van der Waals surface area contributed by atoms with E-state index in [4.69, 9.17) is 4.74 Å². The number of rotatable bonds is 5. The monoisotopic (exact) mass is 273 g/mol. The van der Waals surface area contributed by atoms with E-state index in [-0.39, 0.29) is 6.10 Å². The van der Waals surface area contributed by atoms with Crippen LogP contribution in [0.25, 0.3) is 0 Å². The fraction of sp³-hybridized carbons (Fsp3) is 0.571. The van der Waals surface area contributed by atoms with Gasteiger partial charge in [0, 0.05) is 19.2 Å². The second-order valence-electron chi connectivity index (χ2n) is 4.83. The molecule has 2 unspecified atom stereocenters. The first-order valence-electron chi connectivity index (χ1n) is 6.51. The second-order valence-corrected chi connectivity index (χ2v) is 4.83. The summed E-state index contributed by atoms with van der Waals surface area (Å²) < 4.78 is 43.3. The fourth-order valence-corrected chi connectivity index (χ4v) is 2.30. The van der Waals surface area contributed by atoms with Gasteiger partial charge in [0.1, 0.15) is 0 Å². The van der Waals surface area contributed by atoms with Crippen molar-refractivity contribution in [3.05, 3.63) is 35.9 Å². The number of hydrogen-bond donors (Lipinski definition) is 1. The summed E-state index contributed by atoms with van der Waals surface area (Å²) in [6, 6.07) is 8.05. The number of hydrogen-bond acceptors (Lipinski definition) is 2. The zero-order valence-electron chi connectivity index (χ0n) is 10.6. The van der Waals surface area contributed by atoms with E-state index in [1.54, 1.807) is 30.3 Å². The average molecular weight is 273 g/mol. The van der Waals surface area contributed by atoms with Crippen molar-refractivity contribution in [2.75, 3.05) is 13.2 Å². The van der Waals surface area contributed by atoms with Gasteiger partial charge in [-0.2, -0.15) is 13.2 Å². The lowest BCUT2D eigenvalue weighted by molar-refractivity contribution is -0.140. The quantitative estimate of drug-likeness (QED) is 0.887. The zero-order valence-corrected chi connectivity index (χ0v) is 10.6. The minimum absolute atomic E-state index is 0.0412. The van der Waals surface area contributed by atoms with E-state index >= 15 is 0 Å². The van der Waals surface area contributed by atoms with Crippen LogP contribution in [0.5, 0.6) is 0 Å². The van der Waals surface area contributed by atoms with Crippen molar-refractivity contribution in [3.63, 3.8) is 0 Å². The highest BCUT2D eigenvalue weighted by Crippen LogP contribution is 2.29. The third-order valence-corrected chi connectivity index (χ3v) is 3.25. The smallest absolute Gasteiger partial charge is 0.377 e. The Balaban J connectivity index is 1.97. The highest BCUT2D eigenvalue weighted by atomic mass is 19.4. The van der Waals surface area contributed by atoms with Crippen LogP contribution in [0.2, 0.25) is 0 Å². The number of alkyl halides is 3. The summed E-state index contributed by atoms with van der Waals surface area (Å²) in [4.78, 5) is 0. The maximum atomic E-state index is 12.6. The first-order valence-corrected chi connectivity index (χ1v) is 6.51. The van der Waals surface area contributed by atoms with Crippen LogP contribution in [-0.4, -0.2) is 25.4 Å². The van der Waals surface area contributed by atoms with Crippen molar-refractivity contribution in [2.24, 2.45) is 0 Å². The topological polar surface area (TPSA) is 21.3 Å². The summed E-state index contributed by atoms with van der Waals surface area (Å²) in [6.45, 7) is 1.18. The molecule has 0 aliphatic carbocycles. The predicted octanol–water partition coefficient (Wildman–Crippen LogP) is 3.45. The Morgan fingerprint density at radius 2 is 2.00 bits per heavy atom. The maximum Gasteiger partial charge on any atom is 0.390 e. The van der Waals surface area contributed by atoms with Crippen LogP contribution in [0.4, 0.5) is 13.2 Å². The van der Waals surface area contributed by atoms with E-state index in [1.807, 2.05) is 0 Å². The number of ether oxygens (including phenoxy) is 1. The highest BCUT2D eigenvalue weighted by Gasteiger charge is 2.32. The number of halogens is 3. The van der Waals surface area contributed by atoms with Gasteiger partial charge in [0.25, 0.3) is 0 Å². The Bertz CT molecular complexity index is 374. The van der Waals surface area contributed by atoms with E-state index in [1.165, 1.54) is 0 Å². The fourth-order valence-electron chi connectivity index (χ4n) is 2.30. The largest absolute Gasteiger partial charge is 0.390 e. The molecule has 1 aromatic rings. The molecular formula is C14H18F3NO. The zero-order chi connectivity index (χ0) is 13.7. The van der Waals surface area contributed by atoms with Gasteiger partial charge in [0.2, 0.25) is 0 Å². The van der Waals surface area contributed by atoms with Gasteiger partial charge < -0.3 is 10.1 Å². The Hall–Kier alpha value is -1.07. The Kier molecular flexibility index (Phi) is 4.82. The Labute approximate surface area is 111 Å². The van der Waals surface area contributed by atoms with E-state index in [0.29, 0.717) is 18.7 Å². The van der Waals surface area contributed by atoms with Gasteiger partial charge in [-0.25, -0.2) is 0 Å². The van der Waals surface area contributed by atoms with E-state index < -0.39 is 18.6 Å². The predicted molar refractivity (Wildman–Crippen MR) is 66.8 cm³/mol. The minimum atomic E-state index is -4.18. The molecule has 5 heteroatoms. The summed E-state index contributed by atoms with van der Waals surface area (Å²) in [7, 11) is 0. The molecule has 1 heterocycles. The molecular weight excluding hydrogens is 255 g/mol. The summed E-state index contributed by atoms with van der Waals surface area (Å²) >= 11 is 0. The van der Waals surface area contributed by atoms with Gasteiger partial charge >= 0.3 is 6.18 Å². The van der Waals surface area contributed by atoms with Gasteiger partial charge in [-0.15, -0.1) is 0 Å². The Morgan fingerprint density at radius 1 is 1.26 bits per heavy atom. The molecule has 0 amide bonds. The molecule has 2 atom stereocenters. The third kappa shape index (κ3) is 4.84. The maximum absolute atomic E-state index is 12.6. The summed E-state index contributed by atoms with van der Waals surface area (Å²) in [5, 5.41) is 2.99. The molecule has 19 heavy (non-hydrogen) atoms. The minimum Gasteiger partial charge on any atom is -0.377 e. The van der Waals surface area contributed by atoms with Crippen LogP contribution in [0, 0.1) is 0 Å². The van der Waals surface area contributed by atoms with Crippen molar-refractivity contribution in [2.45, 2.75) is 37.6 Å². The van der Waals surface area contributed by atoms with Crippen LogP contribution >= 0.6 is 0 Å². The highest BCUT2D eigenvalue weighted by molar-refractivity contribution is 5.19. The van der Waals surface area contributed by atoms with Gasteiger partial charge in [-0.3, -0.25) is 0 Å². The summed E-state index contributed by atoms with van der Waals surface area (Å²) in [5.74, 6) is 0. The van der Waals surface area contributed by atoms with Crippen molar-refractivity contribution < 1.29 is 17.9 Å². The van der Waals surface area contributed by atoms with Crippen LogP contribution in [0.15, 0.2) is 30.3 Å². The van der Waals surface area contributed by atoms with Crippen LogP contribution in [0.1, 0.15) is 30.9 Å². The average Bonchev–Trinajstić information content (AvgIpc) is 2.87.